The largest absolute Gasteiger partial charge is 0.397 e. The molecular formula is C11H19N3O2S. The molecule has 0 atom stereocenters. The van der Waals surface area contributed by atoms with Crippen molar-refractivity contribution >= 4 is 21.4 Å². The van der Waals surface area contributed by atoms with Crippen molar-refractivity contribution in [1.82, 2.24) is 4.72 Å². The Hall–Kier alpha value is -1.27. The second-order valence-corrected chi connectivity index (χ2v) is 5.62. The third-order valence-electron chi connectivity index (χ3n) is 2.45. The summed E-state index contributed by atoms with van der Waals surface area (Å²) in [5, 5.41) is 3.13. The van der Waals surface area contributed by atoms with E-state index in [0.717, 1.165) is 19.4 Å². The van der Waals surface area contributed by atoms with Crippen LogP contribution in [0.3, 0.4) is 0 Å². The molecule has 5 nitrogen and oxygen atoms in total. The van der Waals surface area contributed by atoms with E-state index in [0.29, 0.717) is 11.4 Å². The molecular weight excluding hydrogens is 238 g/mol. The van der Waals surface area contributed by atoms with Crippen molar-refractivity contribution in [2.75, 3.05) is 24.6 Å². The maximum absolute atomic E-state index is 11.6. The van der Waals surface area contributed by atoms with Crippen LogP contribution in [-0.4, -0.2) is 22.0 Å². The smallest absolute Gasteiger partial charge is 0.240 e. The first-order chi connectivity index (χ1) is 8.01. The standard InChI is InChI=1S/C11H19N3O2S/c1-3-4-7-14-11-8-9(5-6-10(11)12)17(15,16)13-2/h5-6,8,13-14H,3-4,7,12H2,1-2H3. The molecule has 1 rings (SSSR count). The summed E-state index contributed by atoms with van der Waals surface area (Å²) in [5.41, 5.74) is 6.99. The first-order valence-corrected chi connectivity index (χ1v) is 7.06. The minimum Gasteiger partial charge on any atom is -0.397 e. The van der Waals surface area contributed by atoms with Gasteiger partial charge in [0.15, 0.2) is 0 Å². The number of hydrogen-bond acceptors (Lipinski definition) is 4. The highest BCUT2D eigenvalue weighted by Gasteiger charge is 2.12. The van der Waals surface area contributed by atoms with Gasteiger partial charge in [0.1, 0.15) is 0 Å². The van der Waals surface area contributed by atoms with Gasteiger partial charge in [-0.1, -0.05) is 13.3 Å². The van der Waals surface area contributed by atoms with E-state index < -0.39 is 10.0 Å². The number of unbranched alkanes of at least 4 members (excludes halogenated alkanes) is 1. The summed E-state index contributed by atoms with van der Waals surface area (Å²) in [5.74, 6) is 0. The Morgan fingerprint density at radius 3 is 2.65 bits per heavy atom. The lowest BCUT2D eigenvalue weighted by Crippen LogP contribution is -2.19. The van der Waals surface area contributed by atoms with Crippen LogP contribution < -0.4 is 15.8 Å². The molecule has 0 spiro atoms. The number of nitrogen functional groups attached to an aromatic ring is 1. The average molecular weight is 257 g/mol. The van der Waals surface area contributed by atoms with Gasteiger partial charge in [-0.3, -0.25) is 0 Å². The lowest BCUT2D eigenvalue weighted by Gasteiger charge is -2.11. The van der Waals surface area contributed by atoms with Crippen molar-refractivity contribution in [1.29, 1.82) is 0 Å². The van der Waals surface area contributed by atoms with Gasteiger partial charge in [-0.25, -0.2) is 13.1 Å². The Labute approximate surface area is 102 Å². The van der Waals surface area contributed by atoms with E-state index in [1.807, 2.05) is 0 Å². The lowest BCUT2D eigenvalue weighted by molar-refractivity contribution is 0.588. The molecule has 96 valence electrons. The fourth-order valence-electron chi connectivity index (χ4n) is 1.37. The van der Waals surface area contributed by atoms with Gasteiger partial charge in [0.05, 0.1) is 16.3 Å². The molecule has 1 aromatic rings. The molecule has 0 amide bonds. The van der Waals surface area contributed by atoms with Crippen molar-refractivity contribution in [2.45, 2.75) is 24.7 Å². The van der Waals surface area contributed by atoms with Crippen LogP contribution in [0.5, 0.6) is 0 Å². The van der Waals surface area contributed by atoms with Crippen LogP contribution in [0.25, 0.3) is 0 Å². The SMILES string of the molecule is CCCCNc1cc(S(=O)(=O)NC)ccc1N. The molecule has 4 N–H and O–H groups in total. The van der Waals surface area contributed by atoms with Gasteiger partial charge in [0.2, 0.25) is 10.0 Å². The van der Waals surface area contributed by atoms with Crippen molar-refractivity contribution in [3.63, 3.8) is 0 Å². The van der Waals surface area contributed by atoms with Gasteiger partial charge >= 0.3 is 0 Å². The molecule has 0 aromatic heterocycles. The Kier molecular flexibility index (Phi) is 4.77. The highest BCUT2D eigenvalue weighted by Crippen LogP contribution is 2.22. The molecule has 0 fully saturated rings. The summed E-state index contributed by atoms with van der Waals surface area (Å²) in [7, 11) is -2.03. The van der Waals surface area contributed by atoms with Crippen LogP contribution in [0.1, 0.15) is 19.8 Å². The topological polar surface area (TPSA) is 84.2 Å². The fourth-order valence-corrected chi connectivity index (χ4v) is 2.13. The van der Waals surface area contributed by atoms with E-state index >= 15 is 0 Å². The Morgan fingerprint density at radius 1 is 1.35 bits per heavy atom. The molecule has 0 saturated carbocycles. The van der Waals surface area contributed by atoms with E-state index in [-0.39, 0.29) is 4.90 Å². The van der Waals surface area contributed by atoms with E-state index in [2.05, 4.69) is 17.0 Å². The average Bonchev–Trinajstić information content (AvgIpc) is 2.31. The molecule has 0 heterocycles. The number of benzene rings is 1. The third kappa shape index (κ3) is 3.61. The number of sulfonamides is 1. The Bertz CT molecular complexity index is 472. The van der Waals surface area contributed by atoms with Crippen LogP contribution in [0.4, 0.5) is 11.4 Å². The van der Waals surface area contributed by atoms with Crippen LogP contribution in [-0.2, 0) is 10.0 Å². The highest BCUT2D eigenvalue weighted by molar-refractivity contribution is 7.89. The molecule has 0 unspecified atom stereocenters. The molecule has 0 aliphatic rings. The van der Waals surface area contributed by atoms with Crippen molar-refractivity contribution in [3.05, 3.63) is 18.2 Å². The van der Waals surface area contributed by atoms with E-state index in [9.17, 15) is 8.42 Å². The van der Waals surface area contributed by atoms with Crippen LogP contribution in [0, 0.1) is 0 Å². The predicted molar refractivity (Wildman–Crippen MR) is 70.5 cm³/mol. The number of nitrogens with two attached hydrogens (primary N) is 1. The summed E-state index contributed by atoms with van der Waals surface area (Å²) < 4.78 is 25.5. The molecule has 0 aliphatic heterocycles. The number of rotatable bonds is 6. The molecule has 17 heavy (non-hydrogen) atoms. The minimum atomic E-state index is -3.41. The lowest BCUT2D eigenvalue weighted by atomic mass is 10.2. The summed E-state index contributed by atoms with van der Waals surface area (Å²) in [6.07, 6.45) is 2.09. The van der Waals surface area contributed by atoms with Crippen molar-refractivity contribution < 1.29 is 8.42 Å². The second-order valence-electron chi connectivity index (χ2n) is 3.74. The van der Waals surface area contributed by atoms with Crippen LogP contribution >= 0.6 is 0 Å². The van der Waals surface area contributed by atoms with Crippen molar-refractivity contribution in [3.8, 4) is 0 Å². The number of nitrogens with one attached hydrogen (secondary N) is 2. The van der Waals surface area contributed by atoms with Gasteiger partial charge < -0.3 is 11.1 Å². The van der Waals surface area contributed by atoms with Gasteiger partial charge in [-0.05, 0) is 31.7 Å². The monoisotopic (exact) mass is 257 g/mol. The third-order valence-corrected chi connectivity index (χ3v) is 3.86. The Balaban J connectivity index is 2.95. The number of hydrogen-bond donors (Lipinski definition) is 3. The van der Waals surface area contributed by atoms with Crippen LogP contribution in [0.2, 0.25) is 0 Å². The molecule has 0 radical (unpaired) electrons. The minimum absolute atomic E-state index is 0.216. The molecule has 6 heteroatoms. The normalized spacial score (nSPS) is 11.4. The highest BCUT2D eigenvalue weighted by atomic mass is 32.2. The van der Waals surface area contributed by atoms with Crippen molar-refractivity contribution in [2.24, 2.45) is 0 Å². The fraction of sp³-hybridized carbons (Fsp3) is 0.455. The van der Waals surface area contributed by atoms with Crippen LogP contribution in [0.15, 0.2) is 23.1 Å². The first-order valence-electron chi connectivity index (χ1n) is 5.58. The predicted octanol–water partition coefficient (Wildman–Crippen LogP) is 1.39. The summed E-state index contributed by atoms with van der Waals surface area (Å²) >= 11 is 0. The summed E-state index contributed by atoms with van der Waals surface area (Å²) in [4.78, 5) is 0.216. The maximum atomic E-state index is 11.6. The molecule has 0 bridgehead atoms. The number of anilines is 2. The zero-order valence-corrected chi connectivity index (χ0v) is 11.0. The first kappa shape index (κ1) is 13.8. The Morgan fingerprint density at radius 2 is 2.06 bits per heavy atom. The van der Waals surface area contributed by atoms with Gasteiger partial charge in [0.25, 0.3) is 0 Å². The molecule has 0 aliphatic carbocycles. The zero-order chi connectivity index (χ0) is 12.9. The van der Waals surface area contributed by atoms with E-state index in [1.54, 1.807) is 12.1 Å². The maximum Gasteiger partial charge on any atom is 0.240 e. The summed E-state index contributed by atoms with van der Waals surface area (Å²) in [6, 6.07) is 4.64. The molecule has 0 saturated heterocycles. The van der Waals surface area contributed by atoms with Gasteiger partial charge in [-0.15, -0.1) is 0 Å². The quantitative estimate of drug-likeness (QED) is 0.531. The summed E-state index contributed by atoms with van der Waals surface area (Å²) in [6.45, 7) is 2.87. The van der Waals surface area contributed by atoms with E-state index in [4.69, 9.17) is 5.73 Å². The van der Waals surface area contributed by atoms with E-state index in [1.165, 1.54) is 13.1 Å². The zero-order valence-electron chi connectivity index (χ0n) is 10.2. The van der Waals surface area contributed by atoms with Gasteiger partial charge in [0, 0.05) is 6.54 Å². The molecule has 1 aromatic carbocycles. The van der Waals surface area contributed by atoms with Gasteiger partial charge in [-0.2, -0.15) is 0 Å². The second kappa shape index (κ2) is 5.88.